The van der Waals surface area contributed by atoms with E-state index >= 15 is 0 Å². The van der Waals surface area contributed by atoms with Crippen LogP contribution in [0.5, 0.6) is 5.75 Å². The molecule has 1 aromatic carbocycles. The van der Waals surface area contributed by atoms with Crippen molar-refractivity contribution in [3.05, 3.63) is 29.8 Å². The number of hydrogen-bond acceptors (Lipinski definition) is 5. The lowest BCUT2D eigenvalue weighted by molar-refractivity contribution is -0.138. The Morgan fingerprint density at radius 2 is 2.15 bits per heavy atom. The van der Waals surface area contributed by atoms with Gasteiger partial charge >= 0.3 is 0 Å². The number of nitrogens with zero attached hydrogens (tertiary/aromatic N) is 1. The molecule has 3 aliphatic heterocycles. The van der Waals surface area contributed by atoms with Crippen LogP contribution in [0.2, 0.25) is 0 Å². The molecule has 1 spiro atoms. The maximum atomic E-state index is 12.8. The van der Waals surface area contributed by atoms with Crippen molar-refractivity contribution in [2.24, 2.45) is 17.6 Å². The molecule has 2 bridgehead atoms. The van der Waals surface area contributed by atoms with E-state index in [2.05, 4.69) is 5.32 Å². The number of nitrogens with two attached hydrogens (primary N) is 1. The summed E-state index contributed by atoms with van der Waals surface area (Å²) in [5.74, 6) is -0.635. The van der Waals surface area contributed by atoms with Gasteiger partial charge in [-0.3, -0.25) is 9.59 Å². The van der Waals surface area contributed by atoms with Crippen molar-refractivity contribution >= 4 is 11.8 Å². The first kappa shape index (κ1) is 17.3. The molecule has 3 aliphatic rings. The Kier molecular flexibility index (Phi) is 4.36. The van der Waals surface area contributed by atoms with E-state index < -0.39 is 11.5 Å². The number of nitrogens with one attached hydrogen (secondary N) is 1. The van der Waals surface area contributed by atoms with Gasteiger partial charge in [-0.15, -0.1) is 0 Å². The van der Waals surface area contributed by atoms with Gasteiger partial charge in [-0.1, -0.05) is 12.1 Å². The summed E-state index contributed by atoms with van der Waals surface area (Å²) < 4.78 is 6.15. The number of carbonyl (C=O) groups excluding carboxylic acids is 2. The summed E-state index contributed by atoms with van der Waals surface area (Å²) in [5.41, 5.74) is 6.16. The quantitative estimate of drug-likeness (QED) is 0.664. The Balaban J connectivity index is 1.40. The lowest BCUT2D eigenvalue weighted by atomic mass is 9.73. The minimum Gasteiger partial charge on any atom is -0.508 e. The van der Waals surface area contributed by atoms with Gasteiger partial charge in [0.15, 0.2) is 0 Å². The van der Waals surface area contributed by atoms with Gasteiger partial charge in [0.25, 0.3) is 0 Å². The molecular weight excluding hydrogens is 334 g/mol. The Bertz CT molecular complexity index is 707. The zero-order valence-electron chi connectivity index (χ0n) is 14.7. The molecule has 3 saturated heterocycles. The fourth-order valence-electron chi connectivity index (χ4n) is 4.80. The molecule has 140 valence electrons. The molecule has 0 unspecified atom stereocenters. The van der Waals surface area contributed by atoms with Gasteiger partial charge in [-0.25, -0.2) is 0 Å². The van der Waals surface area contributed by atoms with Crippen LogP contribution in [0.15, 0.2) is 24.3 Å². The molecule has 7 nitrogen and oxygen atoms in total. The van der Waals surface area contributed by atoms with Crippen molar-refractivity contribution in [2.45, 2.75) is 31.0 Å². The van der Waals surface area contributed by atoms with Crippen LogP contribution in [0, 0.1) is 11.8 Å². The van der Waals surface area contributed by atoms with Crippen LogP contribution in [0.4, 0.5) is 0 Å². The summed E-state index contributed by atoms with van der Waals surface area (Å²) >= 11 is 0. The van der Waals surface area contributed by atoms with Gasteiger partial charge in [-0.05, 0) is 37.0 Å². The fraction of sp³-hybridized carbons (Fsp3) is 0.579. The maximum absolute atomic E-state index is 12.8. The van der Waals surface area contributed by atoms with Gasteiger partial charge in [0.05, 0.1) is 30.1 Å². The van der Waals surface area contributed by atoms with Crippen LogP contribution in [-0.4, -0.2) is 59.7 Å². The molecule has 0 saturated carbocycles. The Morgan fingerprint density at radius 1 is 1.38 bits per heavy atom. The number of benzene rings is 1. The van der Waals surface area contributed by atoms with Crippen molar-refractivity contribution in [1.82, 2.24) is 10.2 Å². The van der Waals surface area contributed by atoms with Gasteiger partial charge in [0.1, 0.15) is 5.75 Å². The molecule has 4 rings (SSSR count). The highest BCUT2D eigenvalue weighted by molar-refractivity contribution is 5.92. The minimum absolute atomic E-state index is 0.0105. The van der Waals surface area contributed by atoms with Crippen LogP contribution in [0.1, 0.15) is 18.4 Å². The average molecular weight is 359 g/mol. The van der Waals surface area contributed by atoms with E-state index in [9.17, 15) is 14.7 Å². The lowest BCUT2D eigenvalue weighted by Gasteiger charge is -2.27. The average Bonchev–Trinajstić information content (AvgIpc) is 3.26. The summed E-state index contributed by atoms with van der Waals surface area (Å²) in [6.07, 6.45) is 2.19. The Labute approximate surface area is 152 Å². The third-order valence-corrected chi connectivity index (χ3v) is 5.95. The highest BCUT2D eigenvalue weighted by Gasteiger charge is 2.68. The summed E-state index contributed by atoms with van der Waals surface area (Å²) in [7, 11) is 0. The first-order valence-corrected chi connectivity index (χ1v) is 9.26. The predicted molar refractivity (Wildman–Crippen MR) is 94.3 cm³/mol. The van der Waals surface area contributed by atoms with Gasteiger partial charge in [0.2, 0.25) is 11.8 Å². The number of fused-ring (bicyclic) bond motifs is 1. The predicted octanol–water partition coefficient (Wildman–Crippen LogP) is 0.0156. The number of phenolic OH excluding ortho intramolecular Hbond substituents is 1. The van der Waals surface area contributed by atoms with Crippen LogP contribution < -0.4 is 11.1 Å². The number of hydrogen-bond donors (Lipinski definition) is 3. The Hall–Kier alpha value is -2.12. The molecule has 0 radical (unpaired) electrons. The molecule has 4 atom stereocenters. The SMILES string of the molecule is NCCN1C[C@]23CC[C@H](O2)[C@H](C(=O)NCCc2ccc(O)cc2)[C@@H]3C1=O. The highest BCUT2D eigenvalue weighted by Crippen LogP contribution is 2.55. The topological polar surface area (TPSA) is 105 Å². The Morgan fingerprint density at radius 3 is 2.88 bits per heavy atom. The normalized spacial score (nSPS) is 32.1. The van der Waals surface area contributed by atoms with Crippen molar-refractivity contribution < 1.29 is 19.4 Å². The summed E-state index contributed by atoms with van der Waals surface area (Å²) in [6.45, 7) is 1.98. The van der Waals surface area contributed by atoms with Crippen LogP contribution in [-0.2, 0) is 20.7 Å². The summed E-state index contributed by atoms with van der Waals surface area (Å²) in [6, 6.07) is 6.94. The second-order valence-corrected chi connectivity index (χ2v) is 7.52. The molecule has 4 N–H and O–H groups in total. The summed E-state index contributed by atoms with van der Waals surface area (Å²) in [5, 5.41) is 12.3. The first-order valence-electron chi connectivity index (χ1n) is 9.26. The first-order chi connectivity index (χ1) is 12.5. The number of amides is 2. The van der Waals surface area contributed by atoms with Gasteiger partial charge in [0, 0.05) is 19.6 Å². The number of ether oxygens (including phenoxy) is 1. The van der Waals surface area contributed by atoms with E-state index in [1.54, 1.807) is 17.0 Å². The molecule has 0 aromatic heterocycles. The number of phenols is 1. The number of aromatic hydroxyl groups is 1. The maximum Gasteiger partial charge on any atom is 0.229 e. The highest BCUT2D eigenvalue weighted by atomic mass is 16.5. The standard InChI is InChI=1S/C19H25N3O4/c20-8-10-22-11-19-7-5-14(26-19)15(16(19)18(22)25)17(24)21-9-6-12-1-3-13(23)4-2-12/h1-4,14-16,23H,5-11,20H2,(H,21,24)/t14-,15-,16+,19-/m0/s1. The van der Waals surface area contributed by atoms with Crippen LogP contribution >= 0.6 is 0 Å². The third-order valence-electron chi connectivity index (χ3n) is 5.95. The van der Waals surface area contributed by atoms with E-state index in [0.717, 1.165) is 18.4 Å². The molecule has 3 fully saturated rings. The van der Waals surface area contributed by atoms with Crippen LogP contribution in [0.25, 0.3) is 0 Å². The molecule has 2 amide bonds. The molecule has 7 heteroatoms. The van der Waals surface area contributed by atoms with Crippen molar-refractivity contribution in [3.8, 4) is 5.75 Å². The smallest absolute Gasteiger partial charge is 0.229 e. The van der Waals surface area contributed by atoms with Crippen molar-refractivity contribution in [2.75, 3.05) is 26.2 Å². The minimum atomic E-state index is -0.490. The van der Waals surface area contributed by atoms with E-state index in [1.807, 2.05) is 12.1 Å². The zero-order valence-corrected chi connectivity index (χ0v) is 14.7. The summed E-state index contributed by atoms with van der Waals surface area (Å²) in [4.78, 5) is 27.3. The molecule has 1 aromatic rings. The molecular formula is C19H25N3O4. The van der Waals surface area contributed by atoms with Gasteiger partial charge < -0.3 is 25.8 Å². The molecule has 0 aliphatic carbocycles. The van der Waals surface area contributed by atoms with E-state index in [4.69, 9.17) is 10.5 Å². The lowest BCUT2D eigenvalue weighted by Crippen LogP contribution is -2.46. The second-order valence-electron chi connectivity index (χ2n) is 7.52. The van der Waals surface area contributed by atoms with E-state index in [1.165, 1.54) is 0 Å². The number of likely N-dealkylation sites (tertiary alicyclic amines) is 1. The zero-order chi connectivity index (χ0) is 18.3. The fourth-order valence-corrected chi connectivity index (χ4v) is 4.80. The number of rotatable bonds is 6. The third kappa shape index (κ3) is 2.75. The van der Waals surface area contributed by atoms with Crippen molar-refractivity contribution in [1.29, 1.82) is 0 Å². The molecule has 3 heterocycles. The monoisotopic (exact) mass is 359 g/mol. The number of carbonyl (C=O) groups is 2. The second kappa shape index (κ2) is 6.55. The van der Waals surface area contributed by atoms with E-state index in [0.29, 0.717) is 32.6 Å². The van der Waals surface area contributed by atoms with Gasteiger partial charge in [-0.2, -0.15) is 0 Å². The largest absolute Gasteiger partial charge is 0.508 e. The molecule has 26 heavy (non-hydrogen) atoms. The van der Waals surface area contributed by atoms with Crippen LogP contribution in [0.3, 0.4) is 0 Å². The van der Waals surface area contributed by atoms with E-state index in [-0.39, 0.29) is 29.6 Å². The van der Waals surface area contributed by atoms with Crippen molar-refractivity contribution in [3.63, 3.8) is 0 Å².